The lowest BCUT2D eigenvalue weighted by Crippen LogP contribution is -2.49. The molecular weight excluding hydrogens is 512 g/mol. The summed E-state index contributed by atoms with van der Waals surface area (Å²) in [7, 11) is 4.91. The van der Waals surface area contributed by atoms with Crippen molar-refractivity contribution in [3.8, 4) is 5.75 Å². The molecule has 1 heterocycles. The standard InChI is InChI=1S/C22H34FN5O2.HI/c1-16(2)13-24-22(25-14-21(29)27(3)4)26-18-8-10-28(11-9-18)15-17-6-7-20(30-5)19(23)12-17;/h6-7,12,18H,1,8-11,13-15H2,2-5H3,(H2,24,25,26);1H. The number of carbonyl (C=O) groups excluding carboxylic acids is 1. The number of hydrogen-bond acceptors (Lipinski definition) is 4. The quantitative estimate of drug-likeness (QED) is 0.227. The van der Waals surface area contributed by atoms with Crippen molar-refractivity contribution >= 4 is 35.8 Å². The second kappa shape index (κ2) is 13.5. The normalized spacial score (nSPS) is 15.1. The van der Waals surface area contributed by atoms with Gasteiger partial charge in [0.25, 0.3) is 0 Å². The van der Waals surface area contributed by atoms with Gasteiger partial charge in [0, 0.05) is 46.3 Å². The molecule has 0 aliphatic carbocycles. The van der Waals surface area contributed by atoms with Crippen LogP contribution in [0, 0.1) is 5.82 Å². The molecule has 0 spiro atoms. The van der Waals surface area contributed by atoms with Gasteiger partial charge in [0.15, 0.2) is 17.5 Å². The summed E-state index contributed by atoms with van der Waals surface area (Å²) in [4.78, 5) is 20.1. The summed E-state index contributed by atoms with van der Waals surface area (Å²) in [5.74, 6) is 0.517. The van der Waals surface area contributed by atoms with Gasteiger partial charge < -0.3 is 20.3 Å². The number of aliphatic imine (C=N–C) groups is 1. The number of methoxy groups -OCH3 is 1. The smallest absolute Gasteiger partial charge is 0.243 e. The summed E-state index contributed by atoms with van der Waals surface area (Å²) in [5.41, 5.74) is 1.93. The summed E-state index contributed by atoms with van der Waals surface area (Å²) in [6.07, 6.45) is 1.88. The topological polar surface area (TPSA) is 69.2 Å². The van der Waals surface area contributed by atoms with Crippen molar-refractivity contribution in [1.29, 1.82) is 0 Å². The lowest BCUT2D eigenvalue weighted by molar-refractivity contribution is -0.127. The molecule has 2 rings (SSSR count). The average molecular weight is 547 g/mol. The maximum atomic E-state index is 13.9. The minimum absolute atomic E-state index is 0. The maximum absolute atomic E-state index is 13.9. The SMILES string of the molecule is C=C(C)CNC(=NCC(=O)N(C)C)NC1CCN(Cc2ccc(OC)c(F)c2)CC1.I. The Kier molecular flexibility index (Phi) is 11.8. The third kappa shape index (κ3) is 9.42. The minimum atomic E-state index is -0.330. The van der Waals surface area contributed by atoms with Crippen LogP contribution in [0.5, 0.6) is 5.75 Å². The number of amides is 1. The molecule has 174 valence electrons. The van der Waals surface area contributed by atoms with Crippen LogP contribution in [0.3, 0.4) is 0 Å². The molecule has 31 heavy (non-hydrogen) atoms. The molecule has 1 saturated heterocycles. The number of carbonyl (C=O) groups is 1. The Balaban J connectivity index is 0.00000480. The number of nitrogens with zero attached hydrogens (tertiary/aromatic N) is 3. The summed E-state index contributed by atoms with van der Waals surface area (Å²) in [6, 6.07) is 5.38. The summed E-state index contributed by atoms with van der Waals surface area (Å²) < 4.78 is 18.9. The Morgan fingerprint density at radius 3 is 2.58 bits per heavy atom. The number of guanidine groups is 1. The Labute approximate surface area is 202 Å². The number of likely N-dealkylation sites (N-methyl/N-ethyl adjacent to an activating group) is 1. The average Bonchev–Trinajstić information content (AvgIpc) is 2.71. The first kappa shape index (κ1) is 27.2. The number of ether oxygens (including phenoxy) is 1. The van der Waals surface area contributed by atoms with Crippen LogP contribution in [-0.2, 0) is 11.3 Å². The number of halogens is 2. The van der Waals surface area contributed by atoms with Gasteiger partial charge in [-0.25, -0.2) is 9.38 Å². The fraction of sp³-hybridized carbons (Fsp3) is 0.545. The predicted molar refractivity (Wildman–Crippen MR) is 134 cm³/mol. The van der Waals surface area contributed by atoms with E-state index in [0.29, 0.717) is 19.0 Å². The van der Waals surface area contributed by atoms with E-state index < -0.39 is 0 Å². The molecule has 2 N–H and O–H groups in total. The van der Waals surface area contributed by atoms with Gasteiger partial charge >= 0.3 is 0 Å². The van der Waals surface area contributed by atoms with Crippen LogP contribution in [-0.4, -0.2) is 75.1 Å². The molecule has 1 fully saturated rings. The molecule has 0 saturated carbocycles. The van der Waals surface area contributed by atoms with Crippen LogP contribution in [0.25, 0.3) is 0 Å². The molecule has 0 atom stereocenters. The summed E-state index contributed by atoms with van der Waals surface area (Å²) >= 11 is 0. The zero-order valence-corrected chi connectivity index (χ0v) is 21.2. The second-order valence-electron chi connectivity index (χ2n) is 7.93. The Morgan fingerprint density at radius 2 is 2.03 bits per heavy atom. The molecule has 1 aromatic carbocycles. The molecule has 1 aromatic rings. The van der Waals surface area contributed by atoms with Crippen LogP contribution in [0.15, 0.2) is 35.3 Å². The van der Waals surface area contributed by atoms with E-state index in [1.54, 1.807) is 20.2 Å². The number of hydrogen-bond donors (Lipinski definition) is 2. The number of likely N-dealkylation sites (tertiary alicyclic amines) is 1. The van der Waals surface area contributed by atoms with Gasteiger partial charge in [-0.1, -0.05) is 18.2 Å². The van der Waals surface area contributed by atoms with E-state index in [4.69, 9.17) is 4.74 Å². The first-order chi connectivity index (χ1) is 14.3. The fourth-order valence-corrected chi connectivity index (χ4v) is 3.17. The van der Waals surface area contributed by atoms with Crippen LogP contribution < -0.4 is 15.4 Å². The van der Waals surface area contributed by atoms with E-state index in [9.17, 15) is 9.18 Å². The lowest BCUT2D eigenvalue weighted by atomic mass is 10.0. The first-order valence-corrected chi connectivity index (χ1v) is 10.2. The van der Waals surface area contributed by atoms with Crippen molar-refractivity contribution < 1.29 is 13.9 Å². The zero-order valence-electron chi connectivity index (χ0n) is 18.9. The van der Waals surface area contributed by atoms with Crippen molar-refractivity contribution in [2.75, 3.05) is 47.4 Å². The van der Waals surface area contributed by atoms with E-state index in [-0.39, 0.29) is 54.0 Å². The van der Waals surface area contributed by atoms with Gasteiger partial charge in [0.05, 0.1) is 7.11 Å². The monoisotopic (exact) mass is 547 g/mol. The highest BCUT2D eigenvalue weighted by molar-refractivity contribution is 14.0. The third-order valence-electron chi connectivity index (χ3n) is 4.98. The van der Waals surface area contributed by atoms with E-state index in [1.807, 2.05) is 13.0 Å². The minimum Gasteiger partial charge on any atom is -0.494 e. The van der Waals surface area contributed by atoms with Gasteiger partial charge in [-0.2, -0.15) is 0 Å². The highest BCUT2D eigenvalue weighted by atomic mass is 127. The largest absolute Gasteiger partial charge is 0.494 e. The number of rotatable bonds is 8. The number of piperidine rings is 1. The molecule has 0 unspecified atom stereocenters. The van der Waals surface area contributed by atoms with E-state index in [1.165, 1.54) is 18.1 Å². The molecule has 0 bridgehead atoms. The zero-order chi connectivity index (χ0) is 22.1. The highest BCUT2D eigenvalue weighted by Crippen LogP contribution is 2.20. The van der Waals surface area contributed by atoms with Gasteiger partial charge in [-0.3, -0.25) is 9.69 Å². The Hall–Kier alpha value is -1.88. The number of nitrogens with one attached hydrogen (secondary N) is 2. The van der Waals surface area contributed by atoms with Crippen molar-refractivity contribution in [3.05, 3.63) is 41.7 Å². The third-order valence-corrected chi connectivity index (χ3v) is 4.98. The van der Waals surface area contributed by atoms with Crippen LogP contribution in [0.1, 0.15) is 25.3 Å². The summed E-state index contributed by atoms with van der Waals surface area (Å²) in [5, 5.41) is 6.67. The molecule has 1 aliphatic heterocycles. The molecule has 1 aliphatic rings. The molecule has 9 heteroatoms. The highest BCUT2D eigenvalue weighted by Gasteiger charge is 2.20. The maximum Gasteiger partial charge on any atom is 0.243 e. The summed E-state index contributed by atoms with van der Waals surface area (Å²) in [6.45, 7) is 9.05. The predicted octanol–water partition coefficient (Wildman–Crippen LogP) is 2.62. The van der Waals surface area contributed by atoms with Gasteiger partial charge in [-0.15, -0.1) is 24.0 Å². The van der Waals surface area contributed by atoms with Gasteiger partial charge in [0.1, 0.15) is 6.54 Å². The Morgan fingerprint density at radius 1 is 1.35 bits per heavy atom. The Bertz CT molecular complexity index is 764. The van der Waals surface area contributed by atoms with Crippen molar-refractivity contribution in [1.82, 2.24) is 20.4 Å². The van der Waals surface area contributed by atoms with E-state index in [2.05, 4.69) is 27.1 Å². The van der Waals surface area contributed by atoms with Crippen LogP contribution >= 0.6 is 24.0 Å². The lowest BCUT2D eigenvalue weighted by Gasteiger charge is -2.33. The van der Waals surface area contributed by atoms with Crippen molar-refractivity contribution in [2.24, 2.45) is 4.99 Å². The van der Waals surface area contributed by atoms with Gasteiger partial charge in [0.2, 0.25) is 5.91 Å². The molecular formula is C22H35FIN5O2. The van der Waals surface area contributed by atoms with Crippen LogP contribution in [0.2, 0.25) is 0 Å². The van der Waals surface area contributed by atoms with Crippen LogP contribution in [0.4, 0.5) is 4.39 Å². The van der Waals surface area contributed by atoms with Crippen molar-refractivity contribution in [2.45, 2.75) is 32.4 Å². The van der Waals surface area contributed by atoms with Crippen molar-refractivity contribution in [3.63, 3.8) is 0 Å². The van der Waals surface area contributed by atoms with E-state index >= 15 is 0 Å². The molecule has 1 amide bonds. The molecule has 0 aromatic heterocycles. The first-order valence-electron chi connectivity index (χ1n) is 10.2. The molecule has 7 nitrogen and oxygen atoms in total. The fourth-order valence-electron chi connectivity index (χ4n) is 3.17. The van der Waals surface area contributed by atoms with Gasteiger partial charge in [-0.05, 0) is 37.5 Å². The number of benzene rings is 1. The second-order valence-corrected chi connectivity index (χ2v) is 7.93. The molecule has 0 radical (unpaired) electrons. The van der Waals surface area contributed by atoms with E-state index in [0.717, 1.165) is 37.1 Å².